The van der Waals surface area contributed by atoms with E-state index in [9.17, 15) is 10.1 Å². The number of halogens is 2. The highest BCUT2D eigenvalue weighted by atomic mass is 79.9. The quantitative estimate of drug-likeness (QED) is 0.625. The van der Waals surface area contributed by atoms with E-state index in [1.165, 1.54) is 12.1 Å². The summed E-state index contributed by atoms with van der Waals surface area (Å²) in [5.41, 5.74) is 2.59. The van der Waals surface area contributed by atoms with Crippen molar-refractivity contribution < 1.29 is 4.92 Å². The van der Waals surface area contributed by atoms with Crippen molar-refractivity contribution in [2.45, 2.75) is 13.5 Å². The zero-order chi connectivity index (χ0) is 14.7. The van der Waals surface area contributed by atoms with Gasteiger partial charge in [-0.3, -0.25) is 10.1 Å². The maximum Gasteiger partial charge on any atom is 0.274 e. The summed E-state index contributed by atoms with van der Waals surface area (Å²) in [7, 11) is 0. The molecule has 2 rings (SSSR count). The standard InChI is InChI=1S/C14H12BrClN2O2/c1-9-3-2-4-12(14(9)15)17-8-10-7-11(16)5-6-13(10)18(19)20/h2-7,17H,8H2,1H3. The molecular formula is C14H12BrClN2O2. The molecule has 0 aliphatic rings. The van der Waals surface area contributed by atoms with Crippen LogP contribution in [0.15, 0.2) is 40.9 Å². The molecule has 0 atom stereocenters. The molecule has 6 heteroatoms. The van der Waals surface area contributed by atoms with E-state index < -0.39 is 4.92 Å². The molecule has 104 valence electrons. The minimum atomic E-state index is -0.404. The molecule has 20 heavy (non-hydrogen) atoms. The maximum atomic E-state index is 11.0. The highest BCUT2D eigenvalue weighted by Gasteiger charge is 2.14. The molecule has 0 amide bonds. The third-order valence-corrected chi connectivity index (χ3v) is 4.19. The van der Waals surface area contributed by atoms with E-state index in [1.54, 1.807) is 6.07 Å². The summed E-state index contributed by atoms with van der Waals surface area (Å²) >= 11 is 9.39. The maximum absolute atomic E-state index is 11.0. The summed E-state index contributed by atoms with van der Waals surface area (Å²) in [5.74, 6) is 0. The van der Waals surface area contributed by atoms with Crippen molar-refractivity contribution >= 4 is 38.9 Å². The van der Waals surface area contributed by atoms with Crippen LogP contribution >= 0.6 is 27.5 Å². The van der Waals surface area contributed by atoms with Gasteiger partial charge < -0.3 is 5.32 Å². The third-order valence-electron chi connectivity index (χ3n) is 2.90. The van der Waals surface area contributed by atoms with Gasteiger partial charge in [-0.05, 0) is 46.6 Å². The molecule has 0 aliphatic carbocycles. The Balaban J connectivity index is 2.24. The molecule has 0 aliphatic heterocycles. The van der Waals surface area contributed by atoms with Gasteiger partial charge in [-0.25, -0.2) is 0 Å². The zero-order valence-corrected chi connectivity index (χ0v) is 13.0. The number of nitrogens with zero attached hydrogens (tertiary/aromatic N) is 1. The van der Waals surface area contributed by atoms with Crippen LogP contribution in [-0.4, -0.2) is 4.92 Å². The van der Waals surface area contributed by atoms with Crippen molar-refractivity contribution in [2.24, 2.45) is 0 Å². The van der Waals surface area contributed by atoms with Crippen molar-refractivity contribution in [3.8, 4) is 0 Å². The number of hydrogen-bond donors (Lipinski definition) is 1. The minimum Gasteiger partial charge on any atom is -0.380 e. The molecule has 1 N–H and O–H groups in total. The molecule has 0 saturated heterocycles. The van der Waals surface area contributed by atoms with E-state index in [4.69, 9.17) is 11.6 Å². The van der Waals surface area contributed by atoms with Crippen LogP contribution in [0.2, 0.25) is 5.02 Å². The Morgan fingerprint density at radius 3 is 2.80 bits per heavy atom. The van der Waals surface area contributed by atoms with Gasteiger partial charge in [-0.1, -0.05) is 23.7 Å². The summed E-state index contributed by atoms with van der Waals surface area (Å²) in [4.78, 5) is 10.6. The van der Waals surface area contributed by atoms with Crippen molar-refractivity contribution in [3.63, 3.8) is 0 Å². The minimum absolute atomic E-state index is 0.0608. The van der Waals surface area contributed by atoms with Crippen molar-refractivity contribution in [2.75, 3.05) is 5.32 Å². The second-order valence-electron chi connectivity index (χ2n) is 4.32. The van der Waals surface area contributed by atoms with Crippen LogP contribution in [0.5, 0.6) is 0 Å². The van der Waals surface area contributed by atoms with Crippen LogP contribution < -0.4 is 5.32 Å². The lowest BCUT2D eigenvalue weighted by molar-refractivity contribution is -0.385. The number of aryl methyl sites for hydroxylation is 1. The predicted molar refractivity (Wildman–Crippen MR) is 84.3 cm³/mol. The lowest BCUT2D eigenvalue weighted by Crippen LogP contribution is -2.04. The first-order valence-corrected chi connectivity index (χ1v) is 7.08. The van der Waals surface area contributed by atoms with Crippen LogP contribution in [0.3, 0.4) is 0 Å². The van der Waals surface area contributed by atoms with Crippen LogP contribution in [0.1, 0.15) is 11.1 Å². The van der Waals surface area contributed by atoms with E-state index in [-0.39, 0.29) is 5.69 Å². The number of benzene rings is 2. The van der Waals surface area contributed by atoms with E-state index in [0.717, 1.165) is 15.7 Å². The second-order valence-corrected chi connectivity index (χ2v) is 5.55. The van der Waals surface area contributed by atoms with Gasteiger partial charge in [0.25, 0.3) is 5.69 Å². The Morgan fingerprint density at radius 1 is 1.35 bits per heavy atom. The van der Waals surface area contributed by atoms with Gasteiger partial charge >= 0.3 is 0 Å². The van der Waals surface area contributed by atoms with Gasteiger partial charge in [0.15, 0.2) is 0 Å². The molecule has 0 fully saturated rings. The summed E-state index contributed by atoms with van der Waals surface area (Å²) in [6.07, 6.45) is 0. The van der Waals surface area contributed by atoms with Crippen LogP contribution in [0, 0.1) is 17.0 Å². The van der Waals surface area contributed by atoms with Crippen molar-refractivity contribution in [1.29, 1.82) is 0 Å². The highest BCUT2D eigenvalue weighted by molar-refractivity contribution is 9.10. The molecule has 0 unspecified atom stereocenters. The van der Waals surface area contributed by atoms with E-state index >= 15 is 0 Å². The lowest BCUT2D eigenvalue weighted by Gasteiger charge is -2.10. The van der Waals surface area contributed by atoms with Crippen LogP contribution in [0.25, 0.3) is 0 Å². The number of anilines is 1. The molecule has 0 radical (unpaired) electrons. The predicted octanol–water partition coefficient (Wildman–Crippen LogP) is 4.93. The topological polar surface area (TPSA) is 55.2 Å². The average molecular weight is 356 g/mol. The third kappa shape index (κ3) is 3.29. The number of hydrogen-bond acceptors (Lipinski definition) is 3. The molecule has 0 aromatic heterocycles. The molecule has 0 bridgehead atoms. The number of nitrogens with one attached hydrogen (secondary N) is 1. The number of nitro benzene ring substituents is 1. The monoisotopic (exact) mass is 354 g/mol. The molecule has 2 aromatic carbocycles. The average Bonchev–Trinajstić information content (AvgIpc) is 2.40. The SMILES string of the molecule is Cc1cccc(NCc2cc(Cl)ccc2[N+](=O)[O-])c1Br. The summed E-state index contributed by atoms with van der Waals surface area (Å²) in [6.45, 7) is 2.32. The number of nitro groups is 1. The fourth-order valence-corrected chi connectivity index (χ4v) is 2.45. The van der Waals surface area contributed by atoms with Gasteiger partial charge in [0.2, 0.25) is 0 Å². The van der Waals surface area contributed by atoms with Crippen molar-refractivity contribution in [1.82, 2.24) is 0 Å². The van der Waals surface area contributed by atoms with Crippen LogP contribution in [0.4, 0.5) is 11.4 Å². The first kappa shape index (κ1) is 14.8. The van der Waals surface area contributed by atoms with Crippen molar-refractivity contribution in [3.05, 3.63) is 67.1 Å². The van der Waals surface area contributed by atoms with E-state index in [1.807, 2.05) is 25.1 Å². The Hall–Kier alpha value is -1.59. The Kier molecular flexibility index (Phi) is 4.62. The normalized spacial score (nSPS) is 10.3. The molecule has 0 saturated carbocycles. The molecule has 0 spiro atoms. The molecule has 0 heterocycles. The van der Waals surface area contributed by atoms with Gasteiger partial charge in [0.1, 0.15) is 0 Å². The summed E-state index contributed by atoms with van der Waals surface area (Å²) in [6, 6.07) is 10.4. The fourth-order valence-electron chi connectivity index (χ4n) is 1.85. The van der Waals surface area contributed by atoms with Gasteiger partial charge in [0, 0.05) is 27.8 Å². The summed E-state index contributed by atoms with van der Waals surface area (Å²) in [5, 5.41) is 14.7. The molecule has 4 nitrogen and oxygen atoms in total. The van der Waals surface area contributed by atoms with Gasteiger partial charge in [0.05, 0.1) is 10.5 Å². The molecular weight excluding hydrogens is 344 g/mol. The molecule has 2 aromatic rings. The fraction of sp³-hybridized carbons (Fsp3) is 0.143. The van der Waals surface area contributed by atoms with E-state index in [2.05, 4.69) is 21.2 Å². The van der Waals surface area contributed by atoms with Crippen LogP contribution in [-0.2, 0) is 6.54 Å². The van der Waals surface area contributed by atoms with E-state index in [0.29, 0.717) is 17.1 Å². The first-order valence-electron chi connectivity index (χ1n) is 5.91. The lowest BCUT2D eigenvalue weighted by atomic mass is 10.1. The van der Waals surface area contributed by atoms with Gasteiger partial charge in [-0.15, -0.1) is 0 Å². The second kappa shape index (κ2) is 6.24. The van der Waals surface area contributed by atoms with Gasteiger partial charge in [-0.2, -0.15) is 0 Å². The summed E-state index contributed by atoms with van der Waals surface area (Å²) < 4.78 is 0.949. The Labute approximate surface area is 130 Å². The number of rotatable bonds is 4. The Bertz CT molecular complexity index is 662. The highest BCUT2D eigenvalue weighted by Crippen LogP contribution is 2.28. The zero-order valence-electron chi connectivity index (χ0n) is 10.7. The first-order chi connectivity index (χ1) is 9.49. The Morgan fingerprint density at radius 2 is 2.10 bits per heavy atom. The smallest absolute Gasteiger partial charge is 0.274 e. The largest absolute Gasteiger partial charge is 0.380 e.